The van der Waals surface area contributed by atoms with Crippen LogP contribution >= 0.6 is 0 Å². The van der Waals surface area contributed by atoms with Crippen LogP contribution in [-0.4, -0.2) is 29.0 Å². The fourth-order valence-corrected chi connectivity index (χ4v) is 3.44. The summed E-state index contributed by atoms with van der Waals surface area (Å²) < 4.78 is 5.63. The van der Waals surface area contributed by atoms with Gasteiger partial charge in [-0.3, -0.25) is 4.79 Å². The summed E-state index contributed by atoms with van der Waals surface area (Å²) in [5.74, 6) is -0.485. The van der Waals surface area contributed by atoms with Gasteiger partial charge < -0.3 is 4.74 Å². The largest absolute Gasteiger partial charge is 0.443 e. The molecule has 1 aromatic rings. The van der Waals surface area contributed by atoms with E-state index in [2.05, 4.69) is 6.58 Å². The third-order valence-corrected chi connectivity index (χ3v) is 4.77. The zero-order valence-corrected chi connectivity index (χ0v) is 14.4. The summed E-state index contributed by atoms with van der Waals surface area (Å²) in [5, 5.41) is 0. The molecule has 0 bridgehead atoms. The van der Waals surface area contributed by atoms with Crippen molar-refractivity contribution >= 4 is 12.0 Å². The van der Waals surface area contributed by atoms with Crippen molar-refractivity contribution < 1.29 is 14.3 Å². The second-order valence-electron chi connectivity index (χ2n) is 6.59. The van der Waals surface area contributed by atoms with Gasteiger partial charge in [-0.05, 0) is 18.4 Å². The van der Waals surface area contributed by atoms with Crippen LogP contribution in [0.2, 0.25) is 0 Å². The minimum Gasteiger partial charge on any atom is -0.443 e. The highest BCUT2D eigenvalue weighted by molar-refractivity contribution is 5.95. The van der Waals surface area contributed by atoms with E-state index in [9.17, 15) is 9.59 Å². The number of benzene rings is 1. The van der Waals surface area contributed by atoms with Crippen LogP contribution < -0.4 is 0 Å². The van der Waals surface area contributed by atoms with Crippen LogP contribution in [0.25, 0.3) is 0 Å². The summed E-state index contributed by atoms with van der Waals surface area (Å²) in [6, 6.07) is 9.58. The summed E-state index contributed by atoms with van der Waals surface area (Å²) >= 11 is 0. The van der Waals surface area contributed by atoms with E-state index in [0.29, 0.717) is 12.8 Å². The Bertz CT molecular complexity index is 695. The highest BCUT2D eigenvalue weighted by atomic mass is 16.6. The van der Waals surface area contributed by atoms with Crippen LogP contribution in [0.5, 0.6) is 0 Å². The molecule has 0 saturated carbocycles. The van der Waals surface area contributed by atoms with Crippen LogP contribution in [0.4, 0.5) is 4.79 Å². The highest BCUT2D eigenvalue weighted by Crippen LogP contribution is 2.32. The van der Waals surface area contributed by atoms with E-state index < -0.39 is 6.09 Å². The highest BCUT2D eigenvalue weighted by Gasteiger charge is 2.48. The van der Waals surface area contributed by atoms with Gasteiger partial charge in [0.05, 0.1) is 6.04 Å². The van der Waals surface area contributed by atoms with Gasteiger partial charge in [-0.1, -0.05) is 67.6 Å². The molecule has 1 saturated heterocycles. The van der Waals surface area contributed by atoms with Crippen LogP contribution in [0.15, 0.2) is 67.3 Å². The lowest BCUT2D eigenvalue weighted by atomic mass is 9.91. The molecule has 4 nitrogen and oxygen atoms in total. The van der Waals surface area contributed by atoms with Crippen molar-refractivity contribution in [1.82, 2.24) is 4.90 Å². The number of carbonyl (C=O) groups is 2. The number of rotatable bonds is 6. The van der Waals surface area contributed by atoms with E-state index in [4.69, 9.17) is 4.74 Å². The average molecular weight is 337 g/mol. The van der Waals surface area contributed by atoms with Crippen molar-refractivity contribution in [2.45, 2.75) is 31.9 Å². The first-order chi connectivity index (χ1) is 12.1. The van der Waals surface area contributed by atoms with E-state index in [0.717, 1.165) is 5.56 Å². The monoisotopic (exact) mass is 337 g/mol. The van der Waals surface area contributed by atoms with Gasteiger partial charge in [0.25, 0.3) is 0 Å². The second kappa shape index (κ2) is 7.51. The molecule has 3 rings (SSSR count). The normalized spacial score (nSPS) is 23.7. The summed E-state index contributed by atoms with van der Waals surface area (Å²) in [7, 11) is 0. The summed E-state index contributed by atoms with van der Waals surface area (Å²) in [4.78, 5) is 26.7. The molecule has 1 aromatic carbocycles. The Morgan fingerprint density at radius 3 is 2.60 bits per heavy atom. The number of hydrogen-bond acceptors (Lipinski definition) is 3. The van der Waals surface area contributed by atoms with Gasteiger partial charge in [-0.15, -0.1) is 6.58 Å². The fraction of sp³-hybridized carbons (Fsp3) is 0.333. The average Bonchev–Trinajstić information content (AvgIpc) is 3.24. The molecule has 1 heterocycles. The number of ether oxygens (including phenoxy) is 1. The van der Waals surface area contributed by atoms with Gasteiger partial charge >= 0.3 is 6.09 Å². The number of carbonyl (C=O) groups excluding carboxylic acids is 2. The fourth-order valence-electron chi connectivity index (χ4n) is 3.44. The maximum atomic E-state index is 12.8. The number of nitrogens with zero attached hydrogens (tertiary/aromatic N) is 1. The Labute approximate surface area is 148 Å². The van der Waals surface area contributed by atoms with Crippen molar-refractivity contribution in [2.75, 3.05) is 0 Å². The molecule has 0 spiro atoms. The number of cyclic esters (lactones) is 1. The minimum atomic E-state index is -0.541. The van der Waals surface area contributed by atoms with E-state index in [-0.39, 0.29) is 29.9 Å². The summed E-state index contributed by atoms with van der Waals surface area (Å²) in [5.41, 5.74) is 1.08. The molecule has 2 aliphatic rings. The molecule has 3 atom stereocenters. The number of hydrogen-bond donors (Lipinski definition) is 0. The molecule has 0 aromatic heterocycles. The SMILES string of the molecule is C=CC[C@@H](C)C(=O)N1C(=O)O[C@@H](C2C=CC=C2)[C@@H]1Cc1ccccc1. The summed E-state index contributed by atoms with van der Waals surface area (Å²) in [6.45, 7) is 5.51. The Hall–Kier alpha value is -2.62. The van der Waals surface area contributed by atoms with E-state index in [1.807, 2.05) is 61.6 Å². The third-order valence-electron chi connectivity index (χ3n) is 4.77. The predicted octanol–water partition coefficient (Wildman–Crippen LogP) is 3.90. The van der Waals surface area contributed by atoms with Crippen molar-refractivity contribution in [1.29, 1.82) is 0 Å². The topological polar surface area (TPSA) is 46.6 Å². The van der Waals surface area contributed by atoms with Crippen molar-refractivity contribution in [3.63, 3.8) is 0 Å². The molecule has 1 aliphatic carbocycles. The maximum absolute atomic E-state index is 12.8. The van der Waals surface area contributed by atoms with Crippen LogP contribution in [0, 0.1) is 11.8 Å². The first-order valence-corrected chi connectivity index (χ1v) is 8.65. The number of amides is 2. The molecule has 130 valence electrons. The molecule has 25 heavy (non-hydrogen) atoms. The smallest absolute Gasteiger partial charge is 0.417 e. The molecule has 0 radical (unpaired) electrons. The van der Waals surface area contributed by atoms with Crippen molar-refractivity contribution in [3.05, 3.63) is 72.9 Å². The molecule has 0 N–H and O–H groups in total. The zero-order valence-electron chi connectivity index (χ0n) is 14.4. The van der Waals surface area contributed by atoms with Gasteiger partial charge in [-0.25, -0.2) is 9.69 Å². The molecular weight excluding hydrogens is 314 g/mol. The minimum absolute atomic E-state index is 0.00479. The number of imide groups is 1. The Morgan fingerprint density at radius 1 is 1.28 bits per heavy atom. The predicted molar refractivity (Wildman–Crippen MR) is 96.8 cm³/mol. The first-order valence-electron chi connectivity index (χ1n) is 8.65. The lowest BCUT2D eigenvalue weighted by Gasteiger charge is -2.27. The van der Waals surface area contributed by atoms with Crippen LogP contribution in [0.3, 0.4) is 0 Å². The second-order valence-corrected chi connectivity index (χ2v) is 6.59. The number of allylic oxidation sites excluding steroid dienone is 3. The van der Waals surface area contributed by atoms with Gasteiger partial charge in [0, 0.05) is 11.8 Å². The van der Waals surface area contributed by atoms with Gasteiger partial charge in [-0.2, -0.15) is 0 Å². The van der Waals surface area contributed by atoms with E-state index in [1.165, 1.54) is 4.90 Å². The Morgan fingerprint density at radius 2 is 1.96 bits per heavy atom. The van der Waals surface area contributed by atoms with Gasteiger partial charge in [0.1, 0.15) is 6.10 Å². The molecular formula is C21H23NO3. The Balaban J connectivity index is 1.89. The van der Waals surface area contributed by atoms with E-state index >= 15 is 0 Å². The van der Waals surface area contributed by atoms with E-state index in [1.54, 1.807) is 6.08 Å². The van der Waals surface area contributed by atoms with Crippen molar-refractivity contribution in [3.8, 4) is 0 Å². The standard InChI is InChI=1S/C21H23NO3/c1-3-9-15(2)20(23)22-18(14-16-10-5-4-6-11-16)19(25-21(22)24)17-12-7-8-13-17/h3-8,10-13,15,17-19H,1,9,14H2,2H3/t15-,18+,19+/m1/s1. The third kappa shape index (κ3) is 3.58. The zero-order chi connectivity index (χ0) is 17.8. The molecule has 4 heteroatoms. The molecule has 0 unspecified atom stereocenters. The quantitative estimate of drug-likeness (QED) is 0.740. The van der Waals surface area contributed by atoms with Crippen molar-refractivity contribution in [2.24, 2.45) is 11.8 Å². The first kappa shape index (κ1) is 17.2. The maximum Gasteiger partial charge on any atom is 0.417 e. The Kier molecular flexibility index (Phi) is 5.17. The van der Waals surface area contributed by atoms with Crippen LogP contribution in [-0.2, 0) is 16.0 Å². The lowest BCUT2D eigenvalue weighted by Crippen LogP contribution is -2.46. The molecule has 1 fully saturated rings. The van der Waals surface area contributed by atoms with Crippen LogP contribution in [0.1, 0.15) is 18.9 Å². The molecule has 2 amide bonds. The lowest BCUT2D eigenvalue weighted by molar-refractivity contribution is -0.133. The summed E-state index contributed by atoms with van der Waals surface area (Å²) in [6.07, 6.45) is 9.84. The van der Waals surface area contributed by atoms with Gasteiger partial charge in [0.15, 0.2) is 0 Å². The molecule has 1 aliphatic heterocycles. The van der Waals surface area contributed by atoms with Gasteiger partial charge in [0.2, 0.25) is 5.91 Å².